The fraction of sp³-hybridized carbons (Fsp3) is 0.900. The van der Waals surface area contributed by atoms with Crippen molar-refractivity contribution in [3.05, 3.63) is 0 Å². The van der Waals surface area contributed by atoms with Gasteiger partial charge in [0.25, 0.3) is 0 Å². The summed E-state index contributed by atoms with van der Waals surface area (Å²) in [4.78, 5) is 2.40. The standard InChI is InChI=1S/C10H21N3/c1-9(2)10(3,8-11)13-6-4-12-5-7-13/h8-9,11-12H,4-7H2,1-3H3/t10-/m0/s1. The number of rotatable bonds is 3. The van der Waals surface area contributed by atoms with Gasteiger partial charge in [0.2, 0.25) is 0 Å². The van der Waals surface area contributed by atoms with Gasteiger partial charge in [0.05, 0.1) is 5.54 Å². The number of nitrogens with one attached hydrogen (secondary N) is 2. The maximum Gasteiger partial charge on any atom is 0.0551 e. The van der Waals surface area contributed by atoms with Gasteiger partial charge >= 0.3 is 0 Å². The van der Waals surface area contributed by atoms with Gasteiger partial charge in [-0.2, -0.15) is 0 Å². The summed E-state index contributed by atoms with van der Waals surface area (Å²) in [5.74, 6) is 0.503. The molecule has 0 amide bonds. The second kappa shape index (κ2) is 4.20. The van der Waals surface area contributed by atoms with Crippen molar-refractivity contribution in [2.24, 2.45) is 5.92 Å². The van der Waals surface area contributed by atoms with Gasteiger partial charge in [0.15, 0.2) is 0 Å². The SMILES string of the molecule is CC(C)[C@](C)(C=N)N1CCNCC1. The molecular formula is C10H21N3. The normalized spacial score (nSPS) is 24.3. The molecule has 1 aliphatic heterocycles. The molecule has 1 saturated heterocycles. The van der Waals surface area contributed by atoms with E-state index in [1.807, 2.05) is 0 Å². The smallest absolute Gasteiger partial charge is 0.0551 e. The average molecular weight is 183 g/mol. The van der Waals surface area contributed by atoms with Crippen molar-refractivity contribution in [1.82, 2.24) is 10.2 Å². The molecular weight excluding hydrogens is 162 g/mol. The minimum atomic E-state index is -0.0535. The molecule has 1 fully saturated rings. The Kier molecular flexibility index (Phi) is 3.45. The molecule has 0 aromatic carbocycles. The summed E-state index contributed by atoms with van der Waals surface area (Å²) in [5, 5.41) is 10.9. The lowest BCUT2D eigenvalue weighted by Gasteiger charge is -2.43. The van der Waals surface area contributed by atoms with Crippen LogP contribution in [0.4, 0.5) is 0 Å². The van der Waals surface area contributed by atoms with Gasteiger partial charge in [-0.15, -0.1) is 0 Å². The van der Waals surface area contributed by atoms with Crippen molar-refractivity contribution in [3.8, 4) is 0 Å². The molecule has 3 heteroatoms. The van der Waals surface area contributed by atoms with Gasteiger partial charge in [0.1, 0.15) is 0 Å². The second-order valence-corrected chi connectivity index (χ2v) is 4.26. The maximum absolute atomic E-state index is 7.54. The summed E-state index contributed by atoms with van der Waals surface area (Å²) in [5.41, 5.74) is -0.0535. The number of hydrogen-bond donors (Lipinski definition) is 2. The second-order valence-electron chi connectivity index (χ2n) is 4.26. The molecule has 1 aliphatic rings. The van der Waals surface area contributed by atoms with Gasteiger partial charge in [0, 0.05) is 32.4 Å². The molecule has 1 rings (SSSR count). The van der Waals surface area contributed by atoms with E-state index in [1.165, 1.54) is 0 Å². The highest BCUT2D eigenvalue weighted by molar-refractivity contribution is 5.66. The quantitative estimate of drug-likeness (QED) is 0.640. The summed E-state index contributed by atoms with van der Waals surface area (Å²) in [7, 11) is 0. The molecule has 0 spiro atoms. The predicted octanol–water partition coefficient (Wildman–Crippen LogP) is 0.956. The topological polar surface area (TPSA) is 39.1 Å². The van der Waals surface area contributed by atoms with E-state index in [1.54, 1.807) is 6.21 Å². The highest BCUT2D eigenvalue weighted by atomic mass is 15.2. The Bertz CT molecular complexity index is 173. The van der Waals surface area contributed by atoms with Crippen LogP contribution in [0.15, 0.2) is 0 Å². The van der Waals surface area contributed by atoms with Crippen molar-refractivity contribution >= 4 is 6.21 Å². The third-order valence-corrected chi connectivity index (χ3v) is 3.26. The van der Waals surface area contributed by atoms with Crippen LogP contribution >= 0.6 is 0 Å². The maximum atomic E-state index is 7.54. The van der Waals surface area contributed by atoms with Gasteiger partial charge in [-0.1, -0.05) is 13.8 Å². The first kappa shape index (κ1) is 10.7. The van der Waals surface area contributed by atoms with E-state index in [9.17, 15) is 0 Å². The van der Waals surface area contributed by atoms with Crippen LogP contribution in [0.2, 0.25) is 0 Å². The van der Waals surface area contributed by atoms with E-state index in [-0.39, 0.29) is 5.54 Å². The van der Waals surface area contributed by atoms with Crippen LogP contribution in [-0.2, 0) is 0 Å². The van der Waals surface area contributed by atoms with Gasteiger partial charge in [-0.05, 0) is 12.8 Å². The van der Waals surface area contributed by atoms with Crippen molar-refractivity contribution in [1.29, 1.82) is 5.41 Å². The first-order valence-corrected chi connectivity index (χ1v) is 5.08. The Morgan fingerprint density at radius 1 is 1.38 bits per heavy atom. The first-order chi connectivity index (χ1) is 6.11. The van der Waals surface area contributed by atoms with E-state index < -0.39 is 0 Å². The number of hydrogen-bond acceptors (Lipinski definition) is 3. The van der Waals surface area contributed by atoms with Crippen LogP contribution in [0.3, 0.4) is 0 Å². The zero-order valence-electron chi connectivity index (χ0n) is 8.93. The van der Waals surface area contributed by atoms with Crippen molar-refractivity contribution in [2.45, 2.75) is 26.3 Å². The Labute approximate surface area is 81.0 Å². The zero-order valence-corrected chi connectivity index (χ0v) is 8.93. The summed E-state index contributed by atoms with van der Waals surface area (Å²) in [6, 6.07) is 0. The highest BCUT2D eigenvalue weighted by Crippen LogP contribution is 2.22. The Balaban J connectivity index is 2.68. The van der Waals surface area contributed by atoms with E-state index in [2.05, 4.69) is 31.0 Å². The summed E-state index contributed by atoms with van der Waals surface area (Å²) in [6.45, 7) is 10.8. The Hall–Kier alpha value is -0.410. The fourth-order valence-corrected chi connectivity index (χ4v) is 1.77. The molecule has 0 bridgehead atoms. The van der Waals surface area contributed by atoms with Crippen LogP contribution < -0.4 is 5.32 Å². The zero-order chi connectivity index (χ0) is 9.90. The molecule has 1 atom stereocenters. The minimum Gasteiger partial charge on any atom is -0.314 e. The third-order valence-electron chi connectivity index (χ3n) is 3.26. The Morgan fingerprint density at radius 3 is 2.31 bits per heavy atom. The number of nitrogens with zero attached hydrogens (tertiary/aromatic N) is 1. The average Bonchev–Trinajstić information content (AvgIpc) is 2.17. The van der Waals surface area contributed by atoms with Gasteiger partial charge < -0.3 is 10.7 Å². The van der Waals surface area contributed by atoms with E-state index in [4.69, 9.17) is 5.41 Å². The van der Waals surface area contributed by atoms with Crippen LogP contribution in [0.5, 0.6) is 0 Å². The first-order valence-electron chi connectivity index (χ1n) is 5.08. The molecule has 0 aromatic heterocycles. The Morgan fingerprint density at radius 2 is 1.92 bits per heavy atom. The van der Waals surface area contributed by atoms with Crippen LogP contribution in [0, 0.1) is 11.3 Å². The van der Waals surface area contributed by atoms with Crippen molar-refractivity contribution in [2.75, 3.05) is 26.2 Å². The monoisotopic (exact) mass is 183 g/mol. The van der Waals surface area contributed by atoms with Crippen LogP contribution in [0.25, 0.3) is 0 Å². The molecule has 0 unspecified atom stereocenters. The van der Waals surface area contributed by atoms with E-state index in [0.29, 0.717) is 5.92 Å². The number of piperazine rings is 1. The van der Waals surface area contributed by atoms with Gasteiger partial charge in [-0.25, -0.2) is 0 Å². The van der Waals surface area contributed by atoms with Crippen molar-refractivity contribution < 1.29 is 0 Å². The molecule has 2 N–H and O–H groups in total. The molecule has 0 saturated carbocycles. The molecule has 0 radical (unpaired) electrons. The van der Waals surface area contributed by atoms with Crippen LogP contribution in [0.1, 0.15) is 20.8 Å². The summed E-state index contributed by atoms with van der Waals surface area (Å²) < 4.78 is 0. The molecule has 1 heterocycles. The largest absolute Gasteiger partial charge is 0.314 e. The summed E-state index contributed by atoms with van der Waals surface area (Å²) >= 11 is 0. The lowest BCUT2D eigenvalue weighted by molar-refractivity contribution is 0.108. The molecule has 0 aromatic rings. The summed E-state index contributed by atoms with van der Waals surface area (Å²) in [6.07, 6.45) is 1.60. The van der Waals surface area contributed by atoms with E-state index >= 15 is 0 Å². The fourth-order valence-electron chi connectivity index (χ4n) is 1.77. The lowest BCUT2D eigenvalue weighted by Crippen LogP contribution is -2.58. The lowest BCUT2D eigenvalue weighted by atomic mass is 9.87. The van der Waals surface area contributed by atoms with Crippen LogP contribution in [-0.4, -0.2) is 42.8 Å². The minimum absolute atomic E-state index is 0.0535. The molecule has 13 heavy (non-hydrogen) atoms. The van der Waals surface area contributed by atoms with Gasteiger partial charge in [-0.3, -0.25) is 4.90 Å². The highest BCUT2D eigenvalue weighted by Gasteiger charge is 2.33. The molecule has 76 valence electrons. The predicted molar refractivity (Wildman–Crippen MR) is 56.5 cm³/mol. The third kappa shape index (κ3) is 2.09. The molecule has 0 aliphatic carbocycles. The van der Waals surface area contributed by atoms with Crippen molar-refractivity contribution in [3.63, 3.8) is 0 Å². The molecule has 3 nitrogen and oxygen atoms in total. The van der Waals surface area contributed by atoms with E-state index in [0.717, 1.165) is 26.2 Å².